The number of benzene rings is 1. The second kappa shape index (κ2) is 4.42. The molecule has 4 nitrogen and oxygen atoms in total. The van der Waals surface area contributed by atoms with Crippen LogP contribution in [0.5, 0.6) is 0 Å². The molecule has 0 spiro atoms. The quantitative estimate of drug-likeness (QED) is 0.752. The molecule has 0 unspecified atom stereocenters. The highest BCUT2D eigenvalue weighted by Crippen LogP contribution is 2.21. The van der Waals surface area contributed by atoms with E-state index in [2.05, 4.69) is 0 Å². The molecule has 1 rings (SSSR count). The van der Waals surface area contributed by atoms with Crippen molar-refractivity contribution in [2.75, 3.05) is 24.2 Å². The number of nitrogens with two attached hydrogens (primary N) is 1. The number of hydrogen-bond donors (Lipinski definition) is 2. The molecular weight excluding hydrogens is 202 g/mol. The molecule has 0 saturated heterocycles. The molecule has 1 aromatic carbocycles. The van der Waals surface area contributed by atoms with Crippen LogP contribution in [-0.2, 0) is 0 Å². The van der Waals surface area contributed by atoms with Gasteiger partial charge in [0.15, 0.2) is 0 Å². The fraction of sp³-hybridized carbons (Fsp3) is 0.417. The molecule has 0 amide bonds. The maximum atomic E-state index is 9.69. The van der Waals surface area contributed by atoms with Crippen molar-refractivity contribution >= 4 is 11.4 Å². The molecule has 0 saturated carbocycles. The van der Waals surface area contributed by atoms with Crippen LogP contribution in [0.4, 0.5) is 11.4 Å². The van der Waals surface area contributed by atoms with Crippen molar-refractivity contribution in [1.29, 1.82) is 5.26 Å². The Morgan fingerprint density at radius 3 is 2.56 bits per heavy atom. The molecule has 0 bridgehead atoms. The van der Waals surface area contributed by atoms with E-state index in [4.69, 9.17) is 11.0 Å². The van der Waals surface area contributed by atoms with E-state index >= 15 is 0 Å². The van der Waals surface area contributed by atoms with E-state index < -0.39 is 5.60 Å². The molecule has 0 heterocycles. The van der Waals surface area contributed by atoms with Crippen LogP contribution >= 0.6 is 0 Å². The third-order valence-corrected chi connectivity index (χ3v) is 2.22. The lowest BCUT2D eigenvalue weighted by atomic mass is 10.1. The van der Waals surface area contributed by atoms with Crippen LogP contribution in [0.2, 0.25) is 0 Å². The lowest BCUT2D eigenvalue weighted by molar-refractivity contribution is 0.0886. The lowest BCUT2D eigenvalue weighted by Gasteiger charge is -2.27. The van der Waals surface area contributed by atoms with Gasteiger partial charge in [0.05, 0.1) is 16.9 Å². The minimum atomic E-state index is -0.766. The molecule has 16 heavy (non-hydrogen) atoms. The van der Waals surface area contributed by atoms with E-state index in [0.717, 1.165) is 5.69 Å². The summed E-state index contributed by atoms with van der Waals surface area (Å²) in [6.45, 7) is 3.99. The summed E-state index contributed by atoms with van der Waals surface area (Å²) in [6, 6.07) is 7.26. The Hall–Kier alpha value is -1.73. The van der Waals surface area contributed by atoms with E-state index in [1.165, 1.54) is 0 Å². The second-order valence-corrected chi connectivity index (χ2v) is 4.55. The zero-order chi connectivity index (χ0) is 12.3. The average Bonchev–Trinajstić information content (AvgIpc) is 2.15. The molecule has 0 aliphatic heterocycles. The van der Waals surface area contributed by atoms with Crippen molar-refractivity contribution in [2.45, 2.75) is 19.4 Å². The van der Waals surface area contributed by atoms with E-state index in [9.17, 15) is 5.11 Å². The Labute approximate surface area is 95.9 Å². The lowest BCUT2D eigenvalue weighted by Crippen LogP contribution is -2.36. The molecule has 0 radical (unpaired) electrons. The van der Waals surface area contributed by atoms with Gasteiger partial charge in [-0.2, -0.15) is 5.26 Å². The fourth-order valence-electron chi connectivity index (χ4n) is 1.56. The van der Waals surface area contributed by atoms with Crippen LogP contribution in [0.15, 0.2) is 18.2 Å². The summed E-state index contributed by atoms with van der Waals surface area (Å²) in [5, 5.41) is 18.4. The highest BCUT2D eigenvalue weighted by Gasteiger charge is 2.16. The molecule has 0 aliphatic rings. The monoisotopic (exact) mass is 219 g/mol. The van der Waals surface area contributed by atoms with Gasteiger partial charge in [-0.05, 0) is 32.0 Å². The number of anilines is 2. The molecule has 0 aromatic heterocycles. The highest BCUT2D eigenvalue weighted by atomic mass is 16.3. The Morgan fingerprint density at radius 1 is 1.50 bits per heavy atom. The summed E-state index contributed by atoms with van der Waals surface area (Å²) in [6.07, 6.45) is 0. The summed E-state index contributed by atoms with van der Waals surface area (Å²) in [5.41, 5.74) is 6.78. The zero-order valence-electron chi connectivity index (χ0n) is 9.86. The summed E-state index contributed by atoms with van der Waals surface area (Å²) < 4.78 is 0. The van der Waals surface area contributed by atoms with Crippen LogP contribution in [0.25, 0.3) is 0 Å². The van der Waals surface area contributed by atoms with E-state index in [0.29, 0.717) is 17.8 Å². The predicted molar refractivity (Wildman–Crippen MR) is 65.1 cm³/mol. The summed E-state index contributed by atoms with van der Waals surface area (Å²) in [7, 11) is 1.87. The van der Waals surface area contributed by atoms with Crippen molar-refractivity contribution in [3.05, 3.63) is 23.8 Å². The van der Waals surface area contributed by atoms with Gasteiger partial charge in [0, 0.05) is 19.3 Å². The summed E-state index contributed by atoms with van der Waals surface area (Å²) >= 11 is 0. The molecule has 0 fully saturated rings. The number of nitriles is 1. The van der Waals surface area contributed by atoms with Gasteiger partial charge in [0.1, 0.15) is 6.07 Å². The van der Waals surface area contributed by atoms with Gasteiger partial charge in [-0.25, -0.2) is 0 Å². The number of nitrogens with zero attached hydrogens (tertiary/aromatic N) is 2. The third-order valence-electron chi connectivity index (χ3n) is 2.22. The number of nitrogen functional groups attached to an aromatic ring is 1. The van der Waals surface area contributed by atoms with Gasteiger partial charge in [-0.15, -0.1) is 0 Å². The smallest absolute Gasteiger partial charge is 0.101 e. The van der Waals surface area contributed by atoms with E-state index in [1.54, 1.807) is 26.0 Å². The predicted octanol–water partition coefficient (Wildman–Crippen LogP) is 1.35. The summed E-state index contributed by atoms with van der Waals surface area (Å²) in [4.78, 5) is 1.90. The first-order valence-electron chi connectivity index (χ1n) is 5.06. The first kappa shape index (κ1) is 12.3. The van der Waals surface area contributed by atoms with Crippen LogP contribution in [0.3, 0.4) is 0 Å². The van der Waals surface area contributed by atoms with Crippen molar-refractivity contribution in [1.82, 2.24) is 0 Å². The highest BCUT2D eigenvalue weighted by molar-refractivity contribution is 5.63. The topological polar surface area (TPSA) is 73.3 Å². The first-order valence-corrected chi connectivity index (χ1v) is 5.06. The van der Waals surface area contributed by atoms with Crippen LogP contribution in [0.1, 0.15) is 19.4 Å². The van der Waals surface area contributed by atoms with Gasteiger partial charge < -0.3 is 15.7 Å². The number of aliphatic hydroxyl groups is 1. The van der Waals surface area contributed by atoms with Crippen LogP contribution < -0.4 is 10.6 Å². The average molecular weight is 219 g/mol. The number of rotatable bonds is 3. The molecule has 3 N–H and O–H groups in total. The number of likely N-dealkylation sites (N-methyl/N-ethyl adjacent to an activating group) is 1. The summed E-state index contributed by atoms with van der Waals surface area (Å²) in [5.74, 6) is 0. The molecule has 0 atom stereocenters. The third kappa shape index (κ3) is 3.14. The first-order chi connectivity index (χ1) is 7.33. The van der Waals surface area contributed by atoms with Gasteiger partial charge in [-0.3, -0.25) is 0 Å². The maximum Gasteiger partial charge on any atom is 0.101 e. The molecule has 1 aromatic rings. The van der Waals surface area contributed by atoms with Crippen molar-refractivity contribution < 1.29 is 5.11 Å². The van der Waals surface area contributed by atoms with Gasteiger partial charge >= 0.3 is 0 Å². The van der Waals surface area contributed by atoms with Gasteiger partial charge in [0.25, 0.3) is 0 Å². The largest absolute Gasteiger partial charge is 0.398 e. The van der Waals surface area contributed by atoms with Gasteiger partial charge in [0.2, 0.25) is 0 Å². The van der Waals surface area contributed by atoms with Gasteiger partial charge in [-0.1, -0.05) is 0 Å². The van der Waals surface area contributed by atoms with E-state index in [-0.39, 0.29) is 0 Å². The maximum absolute atomic E-state index is 9.69. The van der Waals surface area contributed by atoms with Crippen molar-refractivity contribution in [2.24, 2.45) is 0 Å². The molecule has 0 aliphatic carbocycles. The minimum Gasteiger partial charge on any atom is -0.398 e. The SMILES string of the molecule is CN(CC(C)(C)O)c1ccc(C#N)c(N)c1. The minimum absolute atomic E-state index is 0.461. The normalized spacial score (nSPS) is 10.9. The van der Waals surface area contributed by atoms with Crippen LogP contribution in [0, 0.1) is 11.3 Å². The fourth-order valence-corrected chi connectivity index (χ4v) is 1.56. The molecule has 4 heteroatoms. The standard InChI is InChI=1S/C12H17N3O/c1-12(2,16)8-15(3)10-5-4-9(7-13)11(14)6-10/h4-6,16H,8,14H2,1-3H3. The molecule has 86 valence electrons. The number of hydrogen-bond acceptors (Lipinski definition) is 4. The van der Waals surface area contributed by atoms with Crippen molar-refractivity contribution in [3.63, 3.8) is 0 Å². The Kier molecular flexibility index (Phi) is 3.41. The van der Waals surface area contributed by atoms with Crippen LogP contribution in [-0.4, -0.2) is 24.3 Å². The second-order valence-electron chi connectivity index (χ2n) is 4.55. The van der Waals surface area contributed by atoms with Crippen molar-refractivity contribution in [3.8, 4) is 6.07 Å². The Morgan fingerprint density at radius 2 is 2.12 bits per heavy atom. The Bertz CT molecular complexity index is 415. The Balaban J connectivity index is 2.90. The van der Waals surface area contributed by atoms with E-state index in [1.807, 2.05) is 24.1 Å². The zero-order valence-corrected chi connectivity index (χ0v) is 9.86. The molecular formula is C12H17N3O.